The van der Waals surface area contributed by atoms with E-state index in [2.05, 4.69) is 19.9 Å². The number of rotatable bonds is 3. The molecule has 14 heavy (non-hydrogen) atoms. The van der Waals surface area contributed by atoms with Gasteiger partial charge in [-0.3, -0.25) is 9.97 Å². The van der Waals surface area contributed by atoms with Crippen molar-refractivity contribution < 1.29 is 0 Å². The van der Waals surface area contributed by atoms with E-state index in [-0.39, 0.29) is 0 Å². The molecule has 0 bridgehead atoms. The molecule has 0 spiro atoms. The van der Waals surface area contributed by atoms with Crippen molar-refractivity contribution in [2.75, 3.05) is 0 Å². The van der Waals surface area contributed by atoms with Gasteiger partial charge in [0.1, 0.15) is 10.1 Å². The molecule has 0 fully saturated rings. The fourth-order valence-corrected chi connectivity index (χ4v) is 2.36. The molecule has 2 aromatic rings. The first-order valence-corrected chi connectivity index (χ1v) is 5.97. The summed E-state index contributed by atoms with van der Waals surface area (Å²) in [5.74, 6) is 0. The molecule has 0 saturated heterocycles. The van der Waals surface area contributed by atoms with E-state index in [9.17, 15) is 0 Å². The Kier molecular flexibility index (Phi) is 3.31. The molecule has 0 atom stereocenters. The maximum Gasteiger partial charge on any atom is 0.125 e. The van der Waals surface area contributed by atoms with Gasteiger partial charge in [0.2, 0.25) is 0 Å². The van der Waals surface area contributed by atoms with Crippen molar-refractivity contribution in [2.45, 2.75) is 10.1 Å². The standard InChI is InChI=1S/C8H6N4S2/c1-3-11-7(5-9-1)13-14-8-6-10-2-4-12-8/h1-6H. The summed E-state index contributed by atoms with van der Waals surface area (Å²) < 4.78 is 0. The number of aromatic nitrogens is 4. The third-order valence-corrected chi connectivity index (χ3v) is 3.41. The molecule has 2 rings (SSSR count). The highest BCUT2D eigenvalue weighted by Gasteiger charge is 1.98. The van der Waals surface area contributed by atoms with Crippen LogP contribution in [0.15, 0.2) is 47.2 Å². The molecule has 0 radical (unpaired) electrons. The predicted octanol–water partition coefficient (Wildman–Crippen LogP) is 2.07. The summed E-state index contributed by atoms with van der Waals surface area (Å²) in [5, 5.41) is 1.73. The zero-order valence-electron chi connectivity index (χ0n) is 7.07. The number of hydrogen-bond donors (Lipinski definition) is 0. The highest BCUT2D eigenvalue weighted by molar-refractivity contribution is 8.76. The first-order valence-electron chi connectivity index (χ1n) is 3.82. The summed E-state index contributed by atoms with van der Waals surface area (Å²) in [7, 11) is 3.03. The topological polar surface area (TPSA) is 51.6 Å². The molecular weight excluding hydrogens is 216 g/mol. The van der Waals surface area contributed by atoms with Crippen LogP contribution in [0.3, 0.4) is 0 Å². The highest BCUT2D eigenvalue weighted by atomic mass is 33.1. The van der Waals surface area contributed by atoms with Crippen LogP contribution < -0.4 is 0 Å². The maximum atomic E-state index is 4.13. The van der Waals surface area contributed by atoms with Crippen LogP contribution in [0.1, 0.15) is 0 Å². The SMILES string of the molecule is c1cnc(SSc2cnccn2)cn1. The monoisotopic (exact) mass is 222 g/mol. The zero-order chi connectivity index (χ0) is 9.64. The van der Waals surface area contributed by atoms with Gasteiger partial charge in [0.25, 0.3) is 0 Å². The molecule has 2 aromatic heterocycles. The van der Waals surface area contributed by atoms with Crippen molar-refractivity contribution in [1.29, 1.82) is 0 Å². The van der Waals surface area contributed by atoms with Gasteiger partial charge in [-0.1, -0.05) is 0 Å². The van der Waals surface area contributed by atoms with E-state index in [0.29, 0.717) is 0 Å². The van der Waals surface area contributed by atoms with E-state index in [0.717, 1.165) is 10.1 Å². The molecule has 2 heterocycles. The van der Waals surface area contributed by atoms with Crippen molar-refractivity contribution in [2.24, 2.45) is 0 Å². The molecule has 4 nitrogen and oxygen atoms in total. The molecule has 70 valence electrons. The van der Waals surface area contributed by atoms with Gasteiger partial charge in [0.15, 0.2) is 0 Å². The van der Waals surface area contributed by atoms with Gasteiger partial charge in [-0.25, -0.2) is 9.97 Å². The van der Waals surface area contributed by atoms with Gasteiger partial charge in [-0.15, -0.1) is 0 Å². The second-order valence-electron chi connectivity index (χ2n) is 2.25. The molecule has 0 aliphatic heterocycles. The Labute approximate surface area is 89.0 Å². The fraction of sp³-hybridized carbons (Fsp3) is 0. The fourth-order valence-electron chi connectivity index (χ4n) is 0.742. The molecule has 0 aromatic carbocycles. The summed E-state index contributed by atoms with van der Waals surface area (Å²) in [4.78, 5) is 16.2. The van der Waals surface area contributed by atoms with Crippen molar-refractivity contribution in [1.82, 2.24) is 19.9 Å². The second kappa shape index (κ2) is 4.92. The van der Waals surface area contributed by atoms with Crippen LogP contribution in [0.4, 0.5) is 0 Å². The summed E-state index contributed by atoms with van der Waals surface area (Å²) in [6.45, 7) is 0. The Morgan fingerprint density at radius 3 is 1.57 bits per heavy atom. The van der Waals surface area contributed by atoms with Crippen molar-refractivity contribution >= 4 is 21.6 Å². The molecule has 6 heteroatoms. The Hall–Kier alpha value is -1.14. The van der Waals surface area contributed by atoms with Gasteiger partial charge in [-0.05, 0) is 21.6 Å². The largest absolute Gasteiger partial charge is 0.260 e. The van der Waals surface area contributed by atoms with E-state index >= 15 is 0 Å². The van der Waals surface area contributed by atoms with Gasteiger partial charge < -0.3 is 0 Å². The molecule has 0 saturated carbocycles. The Morgan fingerprint density at radius 1 is 0.714 bits per heavy atom. The lowest BCUT2D eigenvalue weighted by Gasteiger charge is -1.96. The minimum Gasteiger partial charge on any atom is -0.260 e. The van der Waals surface area contributed by atoms with E-state index in [1.54, 1.807) is 37.2 Å². The first kappa shape index (κ1) is 9.42. The van der Waals surface area contributed by atoms with E-state index < -0.39 is 0 Å². The van der Waals surface area contributed by atoms with Crippen molar-refractivity contribution in [3.8, 4) is 0 Å². The lowest BCUT2D eigenvalue weighted by molar-refractivity contribution is 1.06. The number of hydrogen-bond acceptors (Lipinski definition) is 6. The minimum atomic E-state index is 0.864. The second-order valence-corrected chi connectivity index (χ2v) is 4.42. The van der Waals surface area contributed by atoms with Crippen molar-refractivity contribution in [3.05, 3.63) is 37.2 Å². The summed E-state index contributed by atoms with van der Waals surface area (Å²) in [6, 6.07) is 0. The summed E-state index contributed by atoms with van der Waals surface area (Å²) >= 11 is 0. The van der Waals surface area contributed by atoms with Crippen LogP contribution in [0.25, 0.3) is 0 Å². The highest BCUT2D eigenvalue weighted by Crippen LogP contribution is 2.33. The Bertz CT molecular complexity index is 342. The average Bonchev–Trinajstić information content (AvgIpc) is 2.29. The lowest BCUT2D eigenvalue weighted by atomic mass is 10.8. The maximum absolute atomic E-state index is 4.13. The van der Waals surface area contributed by atoms with Crippen LogP contribution in [-0.4, -0.2) is 19.9 Å². The third kappa shape index (κ3) is 2.68. The third-order valence-electron chi connectivity index (χ3n) is 1.29. The quantitative estimate of drug-likeness (QED) is 0.741. The molecular formula is C8H6N4S2. The molecule has 0 amide bonds. The predicted molar refractivity (Wildman–Crippen MR) is 55.8 cm³/mol. The summed E-state index contributed by atoms with van der Waals surface area (Å²) in [6.07, 6.45) is 10.1. The minimum absolute atomic E-state index is 0.864. The van der Waals surface area contributed by atoms with Crippen molar-refractivity contribution in [3.63, 3.8) is 0 Å². The molecule has 0 unspecified atom stereocenters. The summed E-state index contributed by atoms with van der Waals surface area (Å²) in [5.41, 5.74) is 0. The Morgan fingerprint density at radius 2 is 1.21 bits per heavy atom. The van der Waals surface area contributed by atoms with Gasteiger partial charge in [-0.2, -0.15) is 0 Å². The molecule has 0 aliphatic carbocycles. The van der Waals surface area contributed by atoms with Crippen LogP contribution in [0.5, 0.6) is 0 Å². The lowest BCUT2D eigenvalue weighted by Crippen LogP contribution is -1.80. The van der Waals surface area contributed by atoms with E-state index in [4.69, 9.17) is 0 Å². The smallest absolute Gasteiger partial charge is 0.125 e. The van der Waals surface area contributed by atoms with E-state index in [1.807, 2.05) is 0 Å². The first-order chi connectivity index (χ1) is 6.95. The number of nitrogens with zero attached hydrogens (tertiary/aromatic N) is 4. The van der Waals surface area contributed by atoms with Crippen LogP contribution >= 0.6 is 21.6 Å². The van der Waals surface area contributed by atoms with Gasteiger partial charge in [0.05, 0.1) is 12.4 Å². The Balaban J connectivity index is 1.96. The normalized spacial score (nSPS) is 10.0. The van der Waals surface area contributed by atoms with Crippen LogP contribution in [0.2, 0.25) is 0 Å². The molecule has 0 N–H and O–H groups in total. The average molecular weight is 222 g/mol. The zero-order valence-corrected chi connectivity index (χ0v) is 8.70. The van der Waals surface area contributed by atoms with E-state index in [1.165, 1.54) is 21.6 Å². The van der Waals surface area contributed by atoms with Crippen LogP contribution in [0, 0.1) is 0 Å². The van der Waals surface area contributed by atoms with Crippen LogP contribution in [-0.2, 0) is 0 Å². The van der Waals surface area contributed by atoms with Gasteiger partial charge >= 0.3 is 0 Å². The molecule has 0 aliphatic rings. The van der Waals surface area contributed by atoms with Gasteiger partial charge in [0, 0.05) is 24.8 Å².